The zero-order valence-corrected chi connectivity index (χ0v) is 34.2. The Morgan fingerprint density at radius 1 is 0.298 bits per heavy atom. The molecular formula is C52H47N3P2. The second kappa shape index (κ2) is 17.5. The fourth-order valence-electron chi connectivity index (χ4n) is 7.87. The molecule has 0 saturated carbocycles. The van der Waals surface area contributed by atoms with Crippen molar-refractivity contribution in [3.63, 3.8) is 0 Å². The Balaban J connectivity index is 1.25. The Kier molecular flexibility index (Phi) is 11.7. The lowest BCUT2D eigenvalue weighted by Crippen LogP contribution is -2.26. The fourth-order valence-corrected chi connectivity index (χ4v) is 15.0. The van der Waals surface area contributed by atoms with Crippen molar-refractivity contribution in [1.29, 1.82) is 0 Å². The third-order valence-corrected chi connectivity index (χ3v) is 17.9. The van der Waals surface area contributed by atoms with Gasteiger partial charge in [-0.3, -0.25) is 9.49 Å². The smallest absolute Gasteiger partial charge is 0.0672 e. The highest BCUT2D eigenvalue weighted by Crippen LogP contribution is 2.52. The lowest BCUT2D eigenvalue weighted by molar-refractivity contribution is 0.496. The van der Waals surface area contributed by atoms with Gasteiger partial charge < -0.3 is 5.32 Å². The summed E-state index contributed by atoms with van der Waals surface area (Å²) in [5, 5.41) is 11.4. The number of hydrogen-bond donors (Lipinski definition) is 1. The van der Waals surface area contributed by atoms with Crippen molar-refractivity contribution >= 4 is 57.3 Å². The summed E-state index contributed by atoms with van der Waals surface area (Å²) < 4.78 is 11.9. The Morgan fingerprint density at radius 2 is 0.509 bits per heavy atom. The van der Waals surface area contributed by atoms with Crippen LogP contribution in [0.5, 0.6) is 0 Å². The first-order valence-corrected chi connectivity index (χ1v) is 23.1. The minimum atomic E-state index is -2.47. The van der Waals surface area contributed by atoms with Crippen LogP contribution in [0, 0.1) is 0 Å². The number of nitrogens with zero attached hydrogens (tertiary/aromatic N) is 2. The molecule has 0 fully saturated rings. The molecule has 0 aromatic heterocycles. The van der Waals surface area contributed by atoms with Crippen LogP contribution in [-0.2, 0) is 0 Å². The molecule has 8 aromatic carbocycles. The van der Waals surface area contributed by atoms with Crippen molar-refractivity contribution in [3.8, 4) is 0 Å². The summed E-state index contributed by atoms with van der Waals surface area (Å²) in [6.07, 6.45) is 0. The van der Waals surface area contributed by atoms with Crippen LogP contribution in [0.15, 0.2) is 240 Å². The van der Waals surface area contributed by atoms with E-state index in [1.54, 1.807) is 0 Å². The predicted molar refractivity (Wildman–Crippen MR) is 247 cm³/mol. The lowest BCUT2D eigenvalue weighted by Gasteiger charge is -2.29. The Labute approximate surface area is 338 Å². The average Bonchev–Trinajstić information content (AvgIpc) is 3.29. The number of rotatable bonds is 12. The Hall–Kier alpha value is -5.82. The lowest BCUT2D eigenvalue weighted by atomic mass is 10.0. The van der Waals surface area contributed by atoms with Gasteiger partial charge >= 0.3 is 0 Å². The second-order valence-electron chi connectivity index (χ2n) is 14.2. The van der Waals surface area contributed by atoms with Crippen LogP contribution in [0.2, 0.25) is 0 Å². The van der Waals surface area contributed by atoms with Gasteiger partial charge in [0.2, 0.25) is 0 Å². The zero-order valence-electron chi connectivity index (χ0n) is 32.4. The third kappa shape index (κ3) is 7.80. The van der Waals surface area contributed by atoms with E-state index in [-0.39, 0.29) is 12.1 Å². The van der Waals surface area contributed by atoms with Gasteiger partial charge in [0.1, 0.15) is 0 Å². The van der Waals surface area contributed by atoms with Crippen LogP contribution >= 0.6 is 14.1 Å². The Bertz CT molecular complexity index is 2240. The molecule has 5 heteroatoms. The van der Waals surface area contributed by atoms with Crippen LogP contribution in [0.4, 0.5) is 11.4 Å². The molecule has 0 aliphatic heterocycles. The molecule has 8 rings (SSSR count). The van der Waals surface area contributed by atoms with E-state index in [9.17, 15) is 0 Å². The molecule has 0 bridgehead atoms. The summed E-state index contributed by atoms with van der Waals surface area (Å²) in [4.78, 5) is 0. The van der Waals surface area contributed by atoms with Crippen molar-refractivity contribution < 1.29 is 0 Å². The fraction of sp³-hybridized carbons (Fsp3) is 0.0769. The van der Waals surface area contributed by atoms with E-state index in [0.29, 0.717) is 0 Å². The van der Waals surface area contributed by atoms with Gasteiger partial charge in [0.15, 0.2) is 0 Å². The highest BCUT2D eigenvalue weighted by atomic mass is 31.2. The van der Waals surface area contributed by atoms with Gasteiger partial charge in [-0.05, 0) is 37.1 Å². The molecule has 3 nitrogen and oxygen atoms in total. The van der Waals surface area contributed by atoms with Gasteiger partial charge in [-0.1, -0.05) is 218 Å². The second-order valence-corrected chi connectivity index (χ2v) is 20.3. The van der Waals surface area contributed by atoms with Crippen LogP contribution in [0.25, 0.3) is 0 Å². The van der Waals surface area contributed by atoms with Gasteiger partial charge in [0.05, 0.1) is 25.5 Å². The third-order valence-electron chi connectivity index (χ3n) is 10.6. The summed E-state index contributed by atoms with van der Waals surface area (Å²) >= 11 is 0. The maximum Gasteiger partial charge on any atom is 0.0672 e. The van der Waals surface area contributed by atoms with Crippen LogP contribution in [-0.4, -0.2) is 0 Å². The quantitative estimate of drug-likeness (QED) is 0.123. The van der Waals surface area contributed by atoms with Gasteiger partial charge in [0, 0.05) is 43.9 Å². The van der Waals surface area contributed by atoms with E-state index in [0.717, 1.165) is 22.5 Å². The van der Waals surface area contributed by atoms with Crippen molar-refractivity contribution in [2.45, 2.75) is 25.9 Å². The first-order valence-electron chi connectivity index (χ1n) is 19.6. The first-order chi connectivity index (χ1) is 28.1. The Morgan fingerprint density at radius 3 is 0.754 bits per heavy atom. The van der Waals surface area contributed by atoms with Crippen LogP contribution < -0.4 is 37.1 Å². The van der Waals surface area contributed by atoms with Gasteiger partial charge in [0.25, 0.3) is 0 Å². The van der Waals surface area contributed by atoms with Gasteiger partial charge in [-0.2, -0.15) is 0 Å². The minimum Gasteiger partial charge on any atom is -0.303 e. The van der Waals surface area contributed by atoms with E-state index in [1.807, 2.05) is 0 Å². The van der Waals surface area contributed by atoms with E-state index in [1.165, 1.54) is 31.8 Å². The molecule has 0 saturated heterocycles. The summed E-state index contributed by atoms with van der Waals surface area (Å²) in [5.41, 5.74) is 4.31. The average molecular weight is 776 g/mol. The molecule has 0 heterocycles. The monoisotopic (exact) mass is 775 g/mol. The summed E-state index contributed by atoms with van der Waals surface area (Å²) in [6, 6.07) is 82.3. The molecule has 1 N–H and O–H groups in total. The normalized spacial score (nSPS) is 12.7. The van der Waals surface area contributed by atoms with Crippen molar-refractivity contribution in [2.24, 2.45) is 9.49 Å². The van der Waals surface area contributed by atoms with E-state index in [2.05, 4.69) is 250 Å². The molecule has 57 heavy (non-hydrogen) atoms. The molecule has 0 radical (unpaired) electrons. The van der Waals surface area contributed by atoms with Crippen LogP contribution in [0.3, 0.4) is 0 Å². The molecule has 0 aliphatic rings. The summed E-state index contributed by atoms with van der Waals surface area (Å²) in [7, 11) is -4.93. The van der Waals surface area contributed by atoms with Crippen molar-refractivity contribution in [3.05, 3.63) is 242 Å². The molecule has 8 aromatic rings. The summed E-state index contributed by atoms with van der Waals surface area (Å²) in [6.45, 7) is 4.51. The molecule has 0 spiro atoms. The molecule has 2 atom stereocenters. The number of benzene rings is 8. The number of nitrogens with one attached hydrogen (secondary N) is 1. The first kappa shape index (κ1) is 38.1. The maximum atomic E-state index is 5.93. The molecule has 280 valence electrons. The summed E-state index contributed by atoms with van der Waals surface area (Å²) in [5.74, 6) is 0. The maximum absolute atomic E-state index is 5.93. The predicted octanol–water partition coefficient (Wildman–Crippen LogP) is 11.7. The topological polar surface area (TPSA) is 36.8 Å². The van der Waals surface area contributed by atoms with Gasteiger partial charge in [-0.25, -0.2) is 0 Å². The largest absolute Gasteiger partial charge is 0.303 e. The van der Waals surface area contributed by atoms with E-state index in [4.69, 9.17) is 9.49 Å². The molecule has 0 aliphatic carbocycles. The molecule has 2 unspecified atom stereocenters. The van der Waals surface area contributed by atoms with Crippen molar-refractivity contribution in [1.82, 2.24) is 5.32 Å². The highest BCUT2D eigenvalue weighted by molar-refractivity contribution is 7.88. The SMILES string of the molecule is CC(NC(C)c1ccccc1N=P(c1ccccc1)(c1ccccc1)c1ccccc1)c1ccccc1N=P(c1ccccc1)(c1ccccc1)c1ccccc1. The number of hydrogen-bond acceptors (Lipinski definition) is 3. The van der Waals surface area contributed by atoms with Gasteiger partial charge in [-0.15, -0.1) is 0 Å². The standard InChI is InChI=1S/C52H47N3P2/c1-41(49-37-21-23-39-51(49)54-56(43-25-9-3-10-26-43,44-27-11-4-12-28-44)45-29-13-5-14-30-45)53-42(2)50-38-22-24-40-52(50)55-57(46-31-15-6-16-32-46,47-33-17-7-18-34-47)48-35-19-8-20-36-48/h3-42,53H,1-2H3. The highest BCUT2D eigenvalue weighted by Gasteiger charge is 2.30. The molecular weight excluding hydrogens is 729 g/mol. The minimum absolute atomic E-state index is 0.0193. The van der Waals surface area contributed by atoms with E-state index < -0.39 is 14.1 Å². The van der Waals surface area contributed by atoms with E-state index >= 15 is 0 Å². The zero-order chi connectivity index (χ0) is 38.9. The molecule has 0 amide bonds. The van der Waals surface area contributed by atoms with Crippen LogP contribution in [0.1, 0.15) is 37.1 Å². The van der Waals surface area contributed by atoms with Crippen molar-refractivity contribution in [2.75, 3.05) is 0 Å².